The summed E-state index contributed by atoms with van der Waals surface area (Å²) < 4.78 is 27.6. The quantitative estimate of drug-likeness (QED) is 0.258. The molecule has 15 heteroatoms. The number of hydrogen-bond donors (Lipinski definition) is 4. The number of fused-ring (bicyclic) bond motifs is 1. The maximum atomic E-state index is 13.5. The van der Waals surface area contributed by atoms with Gasteiger partial charge in [0.25, 0.3) is 21.5 Å². The molecular weight excluding hydrogens is 611 g/mol. The number of carbonyl (C=O) groups is 2. The van der Waals surface area contributed by atoms with E-state index in [1.165, 1.54) is 35.0 Å². The van der Waals surface area contributed by atoms with Gasteiger partial charge in [-0.3, -0.25) is 14.2 Å². The fourth-order valence-electron chi connectivity index (χ4n) is 4.04. The summed E-state index contributed by atoms with van der Waals surface area (Å²) in [6, 6.07) is 8.43. The molecule has 41 heavy (non-hydrogen) atoms. The van der Waals surface area contributed by atoms with Crippen LogP contribution in [0.25, 0.3) is 16.5 Å². The Morgan fingerprint density at radius 3 is 2.49 bits per heavy atom. The third-order valence-electron chi connectivity index (χ3n) is 6.07. The van der Waals surface area contributed by atoms with Crippen molar-refractivity contribution in [3.63, 3.8) is 0 Å². The zero-order chi connectivity index (χ0) is 29.9. The number of urea groups is 1. The van der Waals surface area contributed by atoms with E-state index in [9.17, 15) is 22.8 Å². The molecule has 1 atom stereocenters. The molecule has 0 fully saturated rings. The predicted molar refractivity (Wildman–Crippen MR) is 166 cm³/mol. The van der Waals surface area contributed by atoms with Crippen molar-refractivity contribution in [1.29, 1.82) is 0 Å². The first-order chi connectivity index (χ1) is 19.4. The number of carbonyl (C=O) groups excluding carboxylic acids is 2. The highest BCUT2D eigenvalue weighted by Gasteiger charge is 2.28. The van der Waals surface area contributed by atoms with Crippen LogP contribution < -0.4 is 26.2 Å². The highest BCUT2D eigenvalue weighted by molar-refractivity contribution is 8.19. The van der Waals surface area contributed by atoms with E-state index in [0.717, 1.165) is 17.4 Å². The summed E-state index contributed by atoms with van der Waals surface area (Å²) in [7, 11) is 1.45. The number of aromatic nitrogens is 1. The van der Waals surface area contributed by atoms with Gasteiger partial charge in [0.15, 0.2) is 0 Å². The van der Waals surface area contributed by atoms with E-state index in [-0.39, 0.29) is 32.1 Å². The summed E-state index contributed by atoms with van der Waals surface area (Å²) >= 11 is 13.4. The normalized spacial score (nSPS) is 15.1. The Morgan fingerprint density at radius 2 is 1.85 bits per heavy atom. The van der Waals surface area contributed by atoms with Crippen LogP contribution in [0.4, 0.5) is 16.2 Å². The molecule has 3 aromatic rings. The van der Waals surface area contributed by atoms with E-state index in [2.05, 4.69) is 16.0 Å². The number of likely N-dealkylation sites (N-methyl/N-ethyl adjacent to an activating group) is 1. The van der Waals surface area contributed by atoms with Crippen LogP contribution in [0.5, 0.6) is 0 Å². The van der Waals surface area contributed by atoms with Gasteiger partial charge in [-0.25, -0.2) is 17.9 Å². The summed E-state index contributed by atoms with van der Waals surface area (Å²) in [6.07, 6.45) is 3.24. The number of rotatable bonds is 9. The summed E-state index contributed by atoms with van der Waals surface area (Å²) in [5, 5.41) is 9.19. The molecule has 3 amide bonds. The van der Waals surface area contributed by atoms with Gasteiger partial charge < -0.3 is 20.9 Å². The molecule has 1 unspecified atom stereocenters. The van der Waals surface area contributed by atoms with Crippen LogP contribution in [0.15, 0.2) is 57.7 Å². The van der Waals surface area contributed by atoms with Crippen LogP contribution in [-0.4, -0.2) is 68.8 Å². The van der Waals surface area contributed by atoms with Crippen molar-refractivity contribution in [2.24, 2.45) is 0 Å². The zero-order valence-electron chi connectivity index (χ0n) is 22.3. The standard InChI is InChI=1S/C26H28Cl2N6O5S2/c1-29-15-4-6-17-18(12-15)19(24(35)30-10-11-33(2)3)14-34(25(17)36)21-7-5-16(13-20(21)27)31-26(37)32-41(38,39)23-9-8-22(28)40-23/h4-7,9,12-14,22,29H,8,10-11H2,1-3H3,(H,30,35)(H2,31,32,37). The minimum absolute atomic E-state index is 0.0277. The van der Waals surface area contributed by atoms with Gasteiger partial charge in [-0.15, -0.1) is 11.6 Å². The number of hydrogen-bond acceptors (Lipinski definition) is 8. The predicted octanol–water partition coefficient (Wildman–Crippen LogP) is 3.97. The van der Waals surface area contributed by atoms with Crippen LogP contribution in [0, 0.1) is 0 Å². The van der Waals surface area contributed by atoms with Gasteiger partial charge in [0.2, 0.25) is 0 Å². The van der Waals surface area contributed by atoms with Gasteiger partial charge in [0.05, 0.1) is 21.0 Å². The SMILES string of the molecule is CNc1ccc2c(=O)n(-c3ccc(NC(=O)NS(=O)(=O)C4=CCC(Cl)S4)cc3Cl)cc(C(=O)NCCN(C)C)c2c1. The number of thioether (sulfide) groups is 1. The molecule has 2 heterocycles. The van der Waals surface area contributed by atoms with Crippen molar-refractivity contribution in [2.45, 2.75) is 11.1 Å². The second-order valence-corrected chi connectivity index (χ2v) is 13.6. The van der Waals surface area contributed by atoms with Crippen LogP contribution in [0.1, 0.15) is 16.8 Å². The summed E-state index contributed by atoms with van der Waals surface area (Å²) in [5.74, 6) is -0.359. The minimum Gasteiger partial charge on any atom is -0.388 e. The first-order valence-electron chi connectivity index (χ1n) is 12.3. The average Bonchev–Trinajstić information content (AvgIpc) is 3.36. The number of pyridine rings is 1. The third-order valence-corrected chi connectivity index (χ3v) is 9.76. The van der Waals surface area contributed by atoms with Crippen LogP contribution in [0.3, 0.4) is 0 Å². The first kappa shape index (κ1) is 30.7. The lowest BCUT2D eigenvalue weighted by molar-refractivity contribution is 0.0952. The Kier molecular flexibility index (Phi) is 9.55. The smallest absolute Gasteiger partial charge is 0.333 e. The van der Waals surface area contributed by atoms with Crippen LogP contribution >= 0.6 is 35.0 Å². The maximum absolute atomic E-state index is 13.5. The number of halogens is 2. The molecule has 218 valence electrons. The Labute approximate surface area is 251 Å². The number of nitrogens with zero attached hydrogens (tertiary/aromatic N) is 2. The first-order valence-corrected chi connectivity index (χ1v) is 15.5. The van der Waals surface area contributed by atoms with Gasteiger partial charge in [0, 0.05) is 48.5 Å². The largest absolute Gasteiger partial charge is 0.388 e. The summed E-state index contributed by atoms with van der Waals surface area (Å²) in [5.41, 5.74) is 1.05. The lowest BCUT2D eigenvalue weighted by Gasteiger charge is -2.16. The maximum Gasteiger partial charge on any atom is 0.333 e. The Balaban J connectivity index is 1.64. The molecular formula is C26H28Cl2N6O5S2. The molecule has 1 aliphatic rings. The number of sulfonamides is 1. The van der Waals surface area contributed by atoms with Gasteiger partial charge in [0.1, 0.15) is 4.24 Å². The topological polar surface area (TPSA) is 142 Å². The zero-order valence-corrected chi connectivity index (χ0v) is 25.5. The fourth-order valence-corrected chi connectivity index (χ4v) is 7.17. The number of alkyl halides is 1. The lowest BCUT2D eigenvalue weighted by Crippen LogP contribution is -2.34. The van der Waals surface area contributed by atoms with Crippen molar-refractivity contribution in [3.05, 3.63) is 73.8 Å². The van der Waals surface area contributed by atoms with Crippen molar-refractivity contribution >= 4 is 79.1 Å². The molecule has 1 aliphatic heterocycles. The molecule has 4 N–H and O–H groups in total. The number of nitrogens with one attached hydrogen (secondary N) is 4. The minimum atomic E-state index is -4.08. The fraction of sp³-hybridized carbons (Fsp3) is 0.269. The van der Waals surface area contributed by atoms with Crippen LogP contribution in [0.2, 0.25) is 5.02 Å². The second kappa shape index (κ2) is 12.7. The van der Waals surface area contributed by atoms with E-state index in [0.29, 0.717) is 30.3 Å². The van der Waals surface area contributed by atoms with Crippen molar-refractivity contribution < 1.29 is 18.0 Å². The molecule has 0 saturated carbocycles. The second-order valence-electron chi connectivity index (χ2n) is 9.30. The van der Waals surface area contributed by atoms with Crippen molar-refractivity contribution in [2.75, 3.05) is 44.9 Å². The lowest BCUT2D eigenvalue weighted by atomic mass is 10.1. The van der Waals surface area contributed by atoms with Gasteiger partial charge in [-0.2, -0.15) is 0 Å². The molecule has 0 bridgehead atoms. The highest BCUT2D eigenvalue weighted by atomic mass is 35.5. The Bertz CT molecular complexity index is 1710. The summed E-state index contributed by atoms with van der Waals surface area (Å²) in [6.45, 7) is 1.03. The molecule has 0 aliphatic carbocycles. The van der Waals surface area contributed by atoms with E-state index in [4.69, 9.17) is 23.2 Å². The Morgan fingerprint density at radius 1 is 1.12 bits per heavy atom. The van der Waals surface area contributed by atoms with Gasteiger partial charge in [-0.05, 0) is 56.9 Å². The monoisotopic (exact) mass is 638 g/mol. The highest BCUT2D eigenvalue weighted by Crippen LogP contribution is 2.37. The van der Waals surface area contributed by atoms with Gasteiger partial charge in [-0.1, -0.05) is 29.4 Å². The molecule has 0 spiro atoms. The number of allylic oxidation sites excluding steroid dienone is 1. The van der Waals surface area contributed by atoms with E-state index < -0.39 is 26.3 Å². The molecule has 4 rings (SSSR count). The molecule has 0 radical (unpaired) electrons. The van der Waals surface area contributed by atoms with E-state index >= 15 is 0 Å². The summed E-state index contributed by atoms with van der Waals surface area (Å²) in [4.78, 5) is 41.1. The molecule has 1 aromatic heterocycles. The van der Waals surface area contributed by atoms with E-state index in [1.54, 1.807) is 25.2 Å². The number of anilines is 2. The molecule has 0 saturated heterocycles. The van der Waals surface area contributed by atoms with Crippen molar-refractivity contribution in [3.8, 4) is 5.69 Å². The number of amides is 3. The third kappa shape index (κ3) is 7.16. The van der Waals surface area contributed by atoms with Crippen LogP contribution in [-0.2, 0) is 10.0 Å². The molecule has 11 nitrogen and oxygen atoms in total. The Hall–Kier alpha value is -3.23. The van der Waals surface area contributed by atoms with Crippen molar-refractivity contribution in [1.82, 2.24) is 19.5 Å². The van der Waals surface area contributed by atoms with Gasteiger partial charge >= 0.3 is 6.03 Å². The number of benzene rings is 2. The van der Waals surface area contributed by atoms with E-state index in [1.807, 2.05) is 23.7 Å². The average molecular weight is 640 g/mol. The molecule has 2 aromatic carbocycles.